The molecule has 1 saturated carbocycles. The van der Waals surface area contributed by atoms with E-state index in [4.69, 9.17) is 0 Å². The fraction of sp³-hybridized carbons (Fsp3) is 0.353. The predicted octanol–water partition coefficient (Wildman–Crippen LogP) is 3.77. The van der Waals surface area contributed by atoms with Crippen molar-refractivity contribution in [1.82, 2.24) is 10.3 Å². The predicted molar refractivity (Wildman–Crippen MR) is 77.7 cm³/mol. The Kier molecular flexibility index (Phi) is 3.79. The first-order chi connectivity index (χ1) is 9.74. The van der Waals surface area contributed by atoms with Crippen LogP contribution in [0.1, 0.15) is 35.6 Å². The highest BCUT2D eigenvalue weighted by Gasteiger charge is 2.31. The molecule has 1 aromatic carbocycles. The van der Waals surface area contributed by atoms with Crippen molar-refractivity contribution in [3.8, 4) is 0 Å². The molecule has 1 unspecified atom stereocenters. The maximum absolute atomic E-state index is 13.0. The molecule has 2 aromatic rings. The molecule has 0 aliphatic heterocycles. The van der Waals surface area contributed by atoms with Gasteiger partial charge in [-0.3, -0.25) is 4.98 Å². The van der Waals surface area contributed by atoms with E-state index in [2.05, 4.69) is 17.2 Å². The summed E-state index contributed by atoms with van der Waals surface area (Å²) in [6, 6.07) is 9.21. The summed E-state index contributed by atoms with van der Waals surface area (Å²) < 4.78 is 13.0. The van der Waals surface area contributed by atoms with Crippen molar-refractivity contribution in [2.45, 2.75) is 32.4 Å². The molecule has 1 aliphatic carbocycles. The summed E-state index contributed by atoms with van der Waals surface area (Å²) in [4.78, 5) is 4.18. The zero-order valence-corrected chi connectivity index (χ0v) is 11.6. The number of nitrogens with one attached hydrogen (secondary N) is 1. The van der Waals surface area contributed by atoms with Crippen LogP contribution >= 0.6 is 0 Å². The summed E-state index contributed by atoms with van der Waals surface area (Å²) >= 11 is 0. The molecule has 1 heterocycles. The topological polar surface area (TPSA) is 24.9 Å². The molecule has 0 saturated heterocycles. The third kappa shape index (κ3) is 3.05. The Morgan fingerprint density at radius 1 is 1.25 bits per heavy atom. The van der Waals surface area contributed by atoms with Gasteiger partial charge in [0.15, 0.2) is 0 Å². The van der Waals surface area contributed by atoms with Crippen molar-refractivity contribution < 1.29 is 4.39 Å². The molecule has 0 spiro atoms. The van der Waals surface area contributed by atoms with Crippen LogP contribution in [0.25, 0.3) is 0 Å². The molecule has 3 heteroatoms. The third-order valence-electron chi connectivity index (χ3n) is 3.98. The molecule has 1 N–H and O–H groups in total. The lowest BCUT2D eigenvalue weighted by atomic mass is 10.0. The molecule has 0 radical (unpaired) electrons. The summed E-state index contributed by atoms with van der Waals surface area (Å²) in [7, 11) is 0. The monoisotopic (exact) mass is 270 g/mol. The van der Waals surface area contributed by atoms with Gasteiger partial charge in [0.1, 0.15) is 5.82 Å². The number of benzene rings is 1. The number of hydrogen-bond acceptors (Lipinski definition) is 2. The highest BCUT2D eigenvalue weighted by molar-refractivity contribution is 5.24. The van der Waals surface area contributed by atoms with Crippen LogP contribution in [-0.2, 0) is 6.54 Å². The van der Waals surface area contributed by atoms with Gasteiger partial charge in [0.2, 0.25) is 0 Å². The number of hydrogen-bond donors (Lipinski definition) is 1. The fourth-order valence-electron chi connectivity index (χ4n) is 2.56. The minimum atomic E-state index is -0.175. The standard InChI is InChI=1S/C17H19FN2/c1-12-8-9-19-10-15(12)11-20-17(13-2-3-13)14-4-6-16(18)7-5-14/h4-10,13,17,20H,2-3,11H2,1H3. The number of aryl methyl sites for hydroxylation is 1. The molecule has 0 bridgehead atoms. The van der Waals surface area contributed by atoms with Crippen molar-refractivity contribution in [2.75, 3.05) is 0 Å². The van der Waals surface area contributed by atoms with Crippen molar-refractivity contribution in [3.63, 3.8) is 0 Å². The van der Waals surface area contributed by atoms with Gasteiger partial charge in [-0.15, -0.1) is 0 Å². The van der Waals surface area contributed by atoms with E-state index < -0.39 is 0 Å². The Bertz CT molecular complexity index is 576. The molecule has 3 rings (SSSR count). The largest absolute Gasteiger partial charge is 0.306 e. The second kappa shape index (κ2) is 5.71. The van der Waals surface area contributed by atoms with E-state index in [9.17, 15) is 4.39 Å². The van der Waals surface area contributed by atoms with Crippen LogP contribution in [0.3, 0.4) is 0 Å². The highest BCUT2D eigenvalue weighted by Crippen LogP contribution is 2.41. The summed E-state index contributed by atoms with van der Waals surface area (Å²) in [5.74, 6) is 0.504. The van der Waals surface area contributed by atoms with Crippen LogP contribution in [0.5, 0.6) is 0 Å². The van der Waals surface area contributed by atoms with Gasteiger partial charge in [-0.2, -0.15) is 0 Å². The van der Waals surface area contributed by atoms with Crippen molar-refractivity contribution in [2.24, 2.45) is 5.92 Å². The molecule has 104 valence electrons. The van der Waals surface area contributed by atoms with E-state index in [0.717, 1.165) is 6.54 Å². The summed E-state index contributed by atoms with van der Waals surface area (Å²) in [6.07, 6.45) is 6.23. The zero-order valence-electron chi connectivity index (χ0n) is 11.6. The van der Waals surface area contributed by atoms with Crippen molar-refractivity contribution >= 4 is 0 Å². The van der Waals surface area contributed by atoms with E-state index in [1.54, 1.807) is 12.1 Å². The molecule has 1 aliphatic rings. The lowest BCUT2D eigenvalue weighted by Crippen LogP contribution is -2.23. The van der Waals surface area contributed by atoms with Crippen molar-refractivity contribution in [1.29, 1.82) is 0 Å². The first-order valence-corrected chi connectivity index (χ1v) is 7.12. The van der Waals surface area contributed by atoms with Crippen LogP contribution in [0, 0.1) is 18.7 Å². The quantitative estimate of drug-likeness (QED) is 0.894. The van der Waals surface area contributed by atoms with Gasteiger partial charge in [0.25, 0.3) is 0 Å². The average molecular weight is 270 g/mol. The maximum Gasteiger partial charge on any atom is 0.123 e. The minimum absolute atomic E-state index is 0.175. The molecule has 1 aromatic heterocycles. The molecule has 0 amide bonds. The second-order valence-corrected chi connectivity index (χ2v) is 5.55. The summed E-state index contributed by atoms with van der Waals surface area (Å²) in [6.45, 7) is 2.90. The lowest BCUT2D eigenvalue weighted by Gasteiger charge is -2.19. The van der Waals surface area contributed by atoms with Crippen molar-refractivity contribution in [3.05, 3.63) is 65.2 Å². The second-order valence-electron chi connectivity index (χ2n) is 5.55. The number of rotatable bonds is 5. The Balaban J connectivity index is 1.72. The fourth-order valence-corrected chi connectivity index (χ4v) is 2.56. The van der Waals surface area contributed by atoms with Gasteiger partial charge in [-0.25, -0.2) is 4.39 Å². The lowest BCUT2D eigenvalue weighted by molar-refractivity contribution is 0.478. The SMILES string of the molecule is Cc1ccncc1CNC(c1ccc(F)cc1)C1CC1. The van der Waals surface area contributed by atoms with Crippen LogP contribution in [-0.4, -0.2) is 4.98 Å². The Morgan fingerprint density at radius 2 is 2.00 bits per heavy atom. The number of aromatic nitrogens is 1. The van der Waals surface area contributed by atoms with Crippen LogP contribution in [0.2, 0.25) is 0 Å². The normalized spacial score (nSPS) is 16.1. The number of halogens is 1. The first-order valence-electron chi connectivity index (χ1n) is 7.12. The van der Waals surface area contributed by atoms with E-state index >= 15 is 0 Å². The Morgan fingerprint density at radius 3 is 2.65 bits per heavy atom. The summed E-state index contributed by atoms with van der Waals surface area (Å²) in [5.41, 5.74) is 3.65. The first kappa shape index (κ1) is 13.3. The smallest absolute Gasteiger partial charge is 0.123 e. The van der Waals surface area contributed by atoms with E-state index in [1.807, 2.05) is 30.6 Å². The van der Waals surface area contributed by atoms with E-state index in [1.165, 1.54) is 29.5 Å². The zero-order chi connectivity index (χ0) is 13.9. The van der Waals surface area contributed by atoms with Gasteiger partial charge in [0, 0.05) is 25.0 Å². The average Bonchev–Trinajstić information content (AvgIpc) is 3.27. The van der Waals surface area contributed by atoms with Gasteiger partial charge >= 0.3 is 0 Å². The molecular formula is C17H19FN2. The van der Waals surface area contributed by atoms with Gasteiger partial charge in [-0.1, -0.05) is 12.1 Å². The maximum atomic E-state index is 13.0. The van der Waals surface area contributed by atoms with E-state index in [0.29, 0.717) is 12.0 Å². The molecule has 20 heavy (non-hydrogen) atoms. The highest BCUT2D eigenvalue weighted by atomic mass is 19.1. The Labute approximate surface area is 119 Å². The summed E-state index contributed by atoms with van der Waals surface area (Å²) in [5, 5.41) is 3.61. The van der Waals surface area contributed by atoms with E-state index in [-0.39, 0.29) is 5.82 Å². The molecular weight excluding hydrogens is 251 g/mol. The molecule has 1 fully saturated rings. The number of pyridine rings is 1. The van der Waals surface area contributed by atoms with Crippen LogP contribution < -0.4 is 5.32 Å². The minimum Gasteiger partial charge on any atom is -0.306 e. The molecule has 1 atom stereocenters. The van der Waals surface area contributed by atoms with Gasteiger partial charge in [-0.05, 0) is 60.6 Å². The number of nitrogens with zero attached hydrogens (tertiary/aromatic N) is 1. The third-order valence-corrected chi connectivity index (χ3v) is 3.98. The Hall–Kier alpha value is -1.74. The van der Waals surface area contributed by atoms with Gasteiger partial charge in [0.05, 0.1) is 0 Å². The molecule has 2 nitrogen and oxygen atoms in total. The van der Waals surface area contributed by atoms with Crippen LogP contribution in [0.4, 0.5) is 4.39 Å². The van der Waals surface area contributed by atoms with Crippen LogP contribution in [0.15, 0.2) is 42.7 Å². The van der Waals surface area contributed by atoms with Gasteiger partial charge < -0.3 is 5.32 Å².